The number of aryl methyl sites for hydroxylation is 1. The molecule has 3 fully saturated rings. The third-order valence-electron chi connectivity index (χ3n) is 9.89. The summed E-state index contributed by atoms with van der Waals surface area (Å²) in [6.07, 6.45) is 8.67. The fourth-order valence-electron chi connectivity index (χ4n) is 7.51. The lowest BCUT2D eigenvalue weighted by molar-refractivity contribution is -0.154. The van der Waals surface area contributed by atoms with E-state index < -0.39 is 12.1 Å². The number of nitrogens with zero attached hydrogens (tertiary/aromatic N) is 4. The van der Waals surface area contributed by atoms with Crippen molar-refractivity contribution in [2.45, 2.75) is 90.4 Å². The number of para-hydroxylation sites is 1. The zero-order chi connectivity index (χ0) is 29.1. The van der Waals surface area contributed by atoms with E-state index in [1.165, 1.54) is 43.4 Å². The zero-order valence-electron chi connectivity index (χ0n) is 25.6. The Kier molecular flexibility index (Phi) is 10.2. The Bertz CT molecular complexity index is 1360. The SMILES string of the molecule is Cc1nn(-c2ccccc2)c(C)c1CN1CCC([C@H]2C(=O)N[C@@H](CC3CCCCC3)C(=O)N2Cc2ccccc2)CC1.Cl. The minimum Gasteiger partial charge on any atom is -0.342 e. The highest BCUT2D eigenvalue weighted by Gasteiger charge is 2.45. The average molecular weight is 604 g/mol. The molecule has 1 aromatic heterocycles. The molecule has 2 saturated heterocycles. The third-order valence-corrected chi connectivity index (χ3v) is 9.89. The highest BCUT2D eigenvalue weighted by atomic mass is 35.5. The van der Waals surface area contributed by atoms with Gasteiger partial charge in [0.1, 0.15) is 12.1 Å². The summed E-state index contributed by atoms with van der Waals surface area (Å²) in [7, 11) is 0. The normalized spacial score (nSPS) is 22.3. The predicted molar refractivity (Wildman–Crippen MR) is 172 cm³/mol. The molecule has 1 aliphatic carbocycles. The summed E-state index contributed by atoms with van der Waals surface area (Å²) in [5, 5.41) is 8.05. The molecule has 7 nitrogen and oxygen atoms in total. The number of piperazine rings is 1. The van der Waals surface area contributed by atoms with Gasteiger partial charge in [0.05, 0.1) is 11.4 Å². The molecule has 3 aromatic rings. The lowest BCUT2D eigenvalue weighted by Crippen LogP contribution is -2.65. The Hall–Kier alpha value is -3.16. The number of benzene rings is 2. The largest absolute Gasteiger partial charge is 0.342 e. The van der Waals surface area contributed by atoms with Crippen LogP contribution in [0.1, 0.15) is 73.9 Å². The van der Waals surface area contributed by atoms with Gasteiger partial charge in [-0.3, -0.25) is 14.5 Å². The van der Waals surface area contributed by atoms with E-state index in [0.29, 0.717) is 12.5 Å². The van der Waals surface area contributed by atoms with Crippen molar-refractivity contribution in [1.82, 2.24) is 24.9 Å². The summed E-state index contributed by atoms with van der Waals surface area (Å²) in [6, 6.07) is 19.6. The number of carbonyl (C=O) groups excluding carboxylic acids is 2. The first-order chi connectivity index (χ1) is 20.5. The number of aromatic nitrogens is 2. The fourth-order valence-corrected chi connectivity index (χ4v) is 7.51. The number of amides is 2. The van der Waals surface area contributed by atoms with Crippen LogP contribution in [0.2, 0.25) is 0 Å². The fraction of sp³-hybridized carbons (Fsp3) is 0.514. The molecule has 8 heteroatoms. The number of rotatable bonds is 8. The molecule has 2 aromatic carbocycles. The van der Waals surface area contributed by atoms with Gasteiger partial charge in [-0.15, -0.1) is 12.4 Å². The lowest BCUT2D eigenvalue weighted by atomic mass is 9.82. The van der Waals surface area contributed by atoms with Gasteiger partial charge in [-0.2, -0.15) is 5.10 Å². The number of hydrogen-bond donors (Lipinski definition) is 1. The van der Waals surface area contributed by atoms with Gasteiger partial charge in [0, 0.05) is 24.3 Å². The summed E-state index contributed by atoms with van der Waals surface area (Å²) in [5.41, 5.74) is 5.68. The zero-order valence-corrected chi connectivity index (χ0v) is 26.4. The minimum atomic E-state index is -0.410. The molecule has 2 atom stereocenters. The van der Waals surface area contributed by atoms with E-state index in [9.17, 15) is 9.59 Å². The van der Waals surface area contributed by atoms with E-state index in [1.54, 1.807) is 0 Å². The number of nitrogens with one attached hydrogen (secondary N) is 1. The Morgan fingerprint density at radius 1 is 0.837 bits per heavy atom. The molecule has 2 aliphatic heterocycles. The molecular formula is C35H46ClN5O2. The standard InChI is InChI=1S/C35H45N5O2.ClH/c1-25-31(26(2)40(37-25)30-16-10-5-11-17-30)24-38-20-18-29(19-21-38)33-34(41)36-32(22-27-12-6-3-7-13-27)35(42)39(33)23-28-14-8-4-9-15-28;/h4-5,8-11,14-17,27,29,32-33H,3,6-7,12-13,18-24H2,1-2H3,(H,36,41);1H/t32-,33-;/m0./s1. The number of piperidine rings is 1. The van der Waals surface area contributed by atoms with Gasteiger partial charge in [0.2, 0.25) is 11.8 Å². The van der Waals surface area contributed by atoms with E-state index in [-0.39, 0.29) is 30.1 Å². The van der Waals surface area contributed by atoms with Crippen molar-refractivity contribution >= 4 is 24.2 Å². The third kappa shape index (κ3) is 6.99. The Labute approximate surface area is 262 Å². The topological polar surface area (TPSA) is 70.5 Å². The molecule has 1 saturated carbocycles. The first-order valence-corrected chi connectivity index (χ1v) is 16.0. The molecule has 0 bridgehead atoms. The van der Waals surface area contributed by atoms with E-state index in [1.807, 2.05) is 46.0 Å². The van der Waals surface area contributed by atoms with Gasteiger partial charge in [0.25, 0.3) is 0 Å². The molecule has 3 heterocycles. The molecule has 43 heavy (non-hydrogen) atoms. The van der Waals surface area contributed by atoms with Crippen LogP contribution in [-0.2, 0) is 22.7 Å². The predicted octanol–water partition coefficient (Wildman–Crippen LogP) is 5.99. The summed E-state index contributed by atoms with van der Waals surface area (Å²) in [5.74, 6) is 0.833. The van der Waals surface area contributed by atoms with Crippen molar-refractivity contribution < 1.29 is 9.59 Å². The van der Waals surface area contributed by atoms with Crippen molar-refractivity contribution in [2.24, 2.45) is 11.8 Å². The first kappa shape index (κ1) is 31.3. The molecule has 0 unspecified atom stereocenters. The van der Waals surface area contributed by atoms with E-state index in [4.69, 9.17) is 5.10 Å². The van der Waals surface area contributed by atoms with Crippen molar-refractivity contribution in [3.63, 3.8) is 0 Å². The Balaban J connectivity index is 0.00000368. The molecule has 3 aliphatic rings. The van der Waals surface area contributed by atoms with Crippen molar-refractivity contribution in [3.05, 3.63) is 83.2 Å². The second-order valence-electron chi connectivity index (χ2n) is 12.7. The number of likely N-dealkylation sites (tertiary alicyclic amines) is 1. The molecule has 230 valence electrons. The Morgan fingerprint density at radius 3 is 2.16 bits per heavy atom. The van der Waals surface area contributed by atoms with Gasteiger partial charge < -0.3 is 10.2 Å². The van der Waals surface area contributed by atoms with Crippen LogP contribution in [0.3, 0.4) is 0 Å². The monoisotopic (exact) mass is 603 g/mol. The first-order valence-electron chi connectivity index (χ1n) is 16.0. The molecule has 2 amide bonds. The molecule has 6 rings (SSSR count). The highest BCUT2D eigenvalue weighted by molar-refractivity contribution is 5.97. The summed E-state index contributed by atoms with van der Waals surface area (Å²) >= 11 is 0. The van der Waals surface area contributed by atoms with Gasteiger partial charge in [-0.25, -0.2) is 4.68 Å². The van der Waals surface area contributed by atoms with Crippen LogP contribution in [-0.4, -0.2) is 56.6 Å². The van der Waals surface area contributed by atoms with Crippen LogP contribution in [0.25, 0.3) is 5.69 Å². The lowest BCUT2D eigenvalue weighted by Gasteiger charge is -2.45. The smallest absolute Gasteiger partial charge is 0.246 e. The summed E-state index contributed by atoms with van der Waals surface area (Å²) < 4.78 is 2.04. The minimum absolute atomic E-state index is 0. The van der Waals surface area contributed by atoms with Crippen LogP contribution in [0, 0.1) is 25.7 Å². The number of carbonyl (C=O) groups is 2. The van der Waals surface area contributed by atoms with Gasteiger partial charge >= 0.3 is 0 Å². The van der Waals surface area contributed by atoms with E-state index >= 15 is 0 Å². The van der Waals surface area contributed by atoms with Gasteiger partial charge in [0.15, 0.2) is 0 Å². The summed E-state index contributed by atoms with van der Waals surface area (Å²) in [6.45, 7) is 7.40. The highest BCUT2D eigenvalue weighted by Crippen LogP contribution is 2.33. The number of hydrogen-bond acceptors (Lipinski definition) is 4. The van der Waals surface area contributed by atoms with Crippen LogP contribution in [0.15, 0.2) is 60.7 Å². The second-order valence-corrected chi connectivity index (χ2v) is 12.7. The quantitative estimate of drug-likeness (QED) is 0.343. The molecule has 1 N–H and O–H groups in total. The Morgan fingerprint density at radius 2 is 1.49 bits per heavy atom. The van der Waals surface area contributed by atoms with Crippen molar-refractivity contribution in [1.29, 1.82) is 0 Å². The van der Waals surface area contributed by atoms with Crippen LogP contribution in [0.5, 0.6) is 0 Å². The van der Waals surface area contributed by atoms with Crippen molar-refractivity contribution in [3.8, 4) is 5.69 Å². The van der Waals surface area contributed by atoms with Gasteiger partial charge in [-0.05, 0) is 75.7 Å². The van der Waals surface area contributed by atoms with Crippen LogP contribution >= 0.6 is 12.4 Å². The van der Waals surface area contributed by atoms with E-state index in [2.05, 4.69) is 48.3 Å². The van der Waals surface area contributed by atoms with Crippen molar-refractivity contribution in [2.75, 3.05) is 13.1 Å². The van der Waals surface area contributed by atoms with Gasteiger partial charge in [-0.1, -0.05) is 80.6 Å². The maximum Gasteiger partial charge on any atom is 0.246 e. The average Bonchev–Trinajstić information content (AvgIpc) is 3.30. The molecule has 0 spiro atoms. The second kappa shape index (κ2) is 14.1. The molecular weight excluding hydrogens is 558 g/mol. The maximum atomic E-state index is 14.0. The maximum absolute atomic E-state index is 14.0. The van der Waals surface area contributed by atoms with E-state index in [0.717, 1.165) is 55.8 Å². The van der Waals surface area contributed by atoms with Crippen LogP contribution in [0.4, 0.5) is 0 Å². The molecule has 0 radical (unpaired) electrons. The summed E-state index contributed by atoms with van der Waals surface area (Å²) in [4.78, 5) is 32.2. The number of halogens is 1. The van der Waals surface area contributed by atoms with Crippen LogP contribution < -0.4 is 5.32 Å².